The lowest BCUT2D eigenvalue weighted by molar-refractivity contribution is 0.176. The summed E-state index contributed by atoms with van der Waals surface area (Å²) in [7, 11) is 1.56. The van der Waals surface area contributed by atoms with E-state index in [1.54, 1.807) is 31.5 Å². The van der Waals surface area contributed by atoms with Gasteiger partial charge in [0.2, 0.25) is 0 Å². The SMILES string of the molecule is COc1cc2c(Oc3ccc(NC(=O)N4C=CN(c5c(F)cccc5F)C4)cc3F)ccnc2cc1OCCCN1CCC(C)CC1. The van der Waals surface area contributed by atoms with Crippen molar-refractivity contribution in [2.45, 2.75) is 26.2 Å². The van der Waals surface area contributed by atoms with Crippen LogP contribution >= 0.6 is 0 Å². The molecule has 1 N–H and O–H groups in total. The summed E-state index contributed by atoms with van der Waals surface area (Å²) >= 11 is 0. The second-order valence-electron chi connectivity index (χ2n) is 11.7. The molecule has 1 aromatic heterocycles. The van der Waals surface area contributed by atoms with E-state index >= 15 is 4.39 Å². The molecule has 4 aromatic rings. The van der Waals surface area contributed by atoms with Crippen LogP contribution < -0.4 is 24.4 Å². The van der Waals surface area contributed by atoms with Crippen molar-refractivity contribution in [1.82, 2.24) is 14.8 Å². The first-order valence-electron chi connectivity index (χ1n) is 15.5. The van der Waals surface area contributed by atoms with Crippen LogP contribution in [0.5, 0.6) is 23.0 Å². The van der Waals surface area contributed by atoms with Crippen molar-refractivity contribution in [3.05, 3.63) is 90.6 Å². The lowest BCUT2D eigenvalue weighted by Gasteiger charge is -2.30. The Morgan fingerprint density at radius 2 is 1.72 bits per heavy atom. The van der Waals surface area contributed by atoms with Crippen LogP contribution in [0.2, 0.25) is 0 Å². The van der Waals surface area contributed by atoms with E-state index in [0.717, 1.165) is 50.2 Å². The average Bonchev–Trinajstić information content (AvgIpc) is 3.55. The minimum Gasteiger partial charge on any atom is -0.493 e. The molecule has 6 rings (SSSR count). The number of benzene rings is 3. The molecule has 0 aliphatic carbocycles. The quantitative estimate of drug-likeness (QED) is 0.177. The average molecular weight is 648 g/mol. The molecule has 0 spiro atoms. The Labute approximate surface area is 271 Å². The lowest BCUT2D eigenvalue weighted by atomic mass is 9.99. The van der Waals surface area contributed by atoms with Gasteiger partial charge < -0.3 is 29.3 Å². The minimum atomic E-state index is -0.753. The van der Waals surface area contributed by atoms with Crippen molar-refractivity contribution in [3.63, 3.8) is 0 Å². The van der Waals surface area contributed by atoms with Gasteiger partial charge in [0.15, 0.2) is 23.1 Å². The number of halogens is 3. The Kier molecular flexibility index (Phi) is 9.67. The molecule has 12 heteroatoms. The number of aromatic nitrogens is 1. The van der Waals surface area contributed by atoms with Crippen LogP contribution in [0.15, 0.2) is 73.2 Å². The molecule has 0 radical (unpaired) electrons. The third kappa shape index (κ3) is 7.38. The molecule has 1 fully saturated rings. The lowest BCUT2D eigenvalue weighted by Crippen LogP contribution is -2.34. The van der Waals surface area contributed by atoms with E-state index < -0.39 is 23.5 Å². The first-order chi connectivity index (χ1) is 22.8. The third-order valence-corrected chi connectivity index (χ3v) is 8.36. The Balaban J connectivity index is 1.08. The molecule has 9 nitrogen and oxygen atoms in total. The van der Waals surface area contributed by atoms with Crippen molar-refractivity contribution in [3.8, 4) is 23.0 Å². The predicted octanol–water partition coefficient (Wildman–Crippen LogP) is 7.74. The van der Waals surface area contributed by atoms with Crippen molar-refractivity contribution >= 4 is 28.3 Å². The van der Waals surface area contributed by atoms with Crippen molar-refractivity contribution in [2.24, 2.45) is 5.92 Å². The van der Waals surface area contributed by atoms with E-state index in [1.165, 1.54) is 53.2 Å². The van der Waals surface area contributed by atoms with Gasteiger partial charge in [-0.3, -0.25) is 9.88 Å². The number of likely N-dealkylation sites (tertiary alicyclic amines) is 1. The fraction of sp³-hybridized carbons (Fsp3) is 0.314. The summed E-state index contributed by atoms with van der Waals surface area (Å²) in [5.74, 6) is -0.0542. The first-order valence-corrected chi connectivity index (χ1v) is 15.5. The van der Waals surface area contributed by atoms with Gasteiger partial charge in [0.05, 0.1) is 19.2 Å². The van der Waals surface area contributed by atoms with Gasteiger partial charge in [-0.1, -0.05) is 13.0 Å². The summed E-state index contributed by atoms with van der Waals surface area (Å²) in [6, 6.07) is 12.1. The van der Waals surface area contributed by atoms with Crippen LogP contribution in [0.3, 0.4) is 0 Å². The number of anilines is 2. The maximum Gasteiger partial charge on any atom is 0.327 e. The van der Waals surface area contributed by atoms with Crippen LogP contribution in [0.4, 0.5) is 29.3 Å². The van der Waals surface area contributed by atoms with E-state index in [1.807, 2.05) is 0 Å². The van der Waals surface area contributed by atoms with Gasteiger partial charge in [-0.15, -0.1) is 0 Å². The molecule has 0 atom stereocenters. The fourth-order valence-electron chi connectivity index (χ4n) is 5.68. The highest BCUT2D eigenvalue weighted by Crippen LogP contribution is 2.38. The molecule has 47 heavy (non-hydrogen) atoms. The molecule has 3 heterocycles. The molecular weight excluding hydrogens is 611 g/mol. The number of methoxy groups -OCH3 is 1. The van der Waals surface area contributed by atoms with Gasteiger partial charge in [-0.25, -0.2) is 18.0 Å². The molecule has 3 aromatic carbocycles. The number of hydrogen-bond donors (Lipinski definition) is 1. The van der Waals surface area contributed by atoms with Gasteiger partial charge in [0, 0.05) is 48.3 Å². The van der Waals surface area contributed by atoms with Gasteiger partial charge in [0.1, 0.15) is 29.7 Å². The van der Waals surface area contributed by atoms with Crippen molar-refractivity contribution < 1.29 is 32.2 Å². The van der Waals surface area contributed by atoms with Gasteiger partial charge in [-0.05, 0) is 74.7 Å². The second-order valence-corrected chi connectivity index (χ2v) is 11.7. The summed E-state index contributed by atoms with van der Waals surface area (Å²) in [5.41, 5.74) is 0.492. The van der Waals surface area contributed by atoms with E-state index in [4.69, 9.17) is 14.2 Å². The van der Waals surface area contributed by atoms with Gasteiger partial charge in [0.25, 0.3) is 0 Å². The summed E-state index contributed by atoms with van der Waals surface area (Å²) in [5, 5.41) is 3.20. The van der Waals surface area contributed by atoms with Crippen LogP contribution in [-0.2, 0) is 0 Å². The molecule has 0 bridgehead atoms. The highest BCUT2D eigenvalue weighted by molar-refractivity contribution is 5.91. The minimum absolute atomic E-state index is 0.0656. The van der Waals surface area contributed by atoms with Gasteiger partial charge in [-0.2, -0.15) is 0 Å². The van der Waals surface area contributed by atoms with E-state index in [9.17, 15) is 13.6 Å². The second kappa shape index (κ2) is 14.2. The molecule has 0 saturated carbocycles. The zero-order chi connectivity index (χ0) is 32.9. The molecule has 2 aliphatic rings. The predicted molar refractivity (Wildman–Crippen MR) is 173 cm³/mol. The number of fused-ring (bicyclic) bond motifs is 1. The summed E-state index contributed by atoms with van der Waals surface area (Å²) in [6.07, 6.45) is 7.70. The smallest absolute Gasteiger partial charge is 0.327 e. The van der Waals surface area contributed by atoms with Crippen LogP contribution in [0, 0.1) is 23.4 Å². The number of pyridine rings is 1. The first kappa shape index (κ1) is 32.0. The Morgan fingerprint density at radius 3 is 2.47 bits per heavy atom. The maximum absolute atomic E-state index is 15.2. The van der Waals surface area contributed by atoms with E-state index in [2.05, 4.69) is 22.1 Å². The highest BCUT2D eigenvalue weighted by Gasteiger charge is 2.24. The number of carbonyl (C=O) groups is 1. The number of urea groups is 1. The topological polar surface area (TPSA) is 79.4 Å². The molecule has 2 amide bonds. The molecule has 2 aliphatic heterocycles. The number of hydrogen-bond acceptors (Lipinski definition) is 7. The number of amides is 2. The number of nitrogens with zero attached hydrogens (tertiary/aromatic N) is 4. The third-order valence-electron chi connectivity index (χ3n) is 8.36. The number of para-hydroxylation sites is 1. The van der Waals surface area contributed by atoms with Gasteiger partial charge >= 0.3 is 6.03 Å². The number of carbonyl (C=O) groups excluding carboxylic acids is 1. The number of piperidine rings is 1. The maximum atomic E-state index is 15.2. The van der Waals surface area contributed by atoms with Crippen molar-refractivity contribution in [1.29, 1.82) is 0 Å². The largest absolute Gasteiger partial charge is 0.493 e. The molecule has 0 unspecified atom stereocenters. The Hall–Kier alpha value is -4.97. The van der Waals surface area contributed by atoms with E-state index in [-0.39, 0.29) is 23.8 Å². The fourth-order valence-corrected chi connectivity index (χ4v) is 5.68. The number of nitrogens with one attached hydrogen (secondary N) is 1. The Bertz CT molecular complexity index is 1760. The number of rotatable bonds is 10. The van der Waals surface area contributed by atoms with E-state index in [0.29, 0.717) is 34.8 Å². The zero-order valence-electron chi connectivity index (χ0n) is 26.2. The molecule has 246 valence electrons. The van der Waals surface area contributed by atoms with Crippen LogP contribution in [0.1, 0.15) is 26.2 Å². The molecular formula is C35H36F3N5O4. The summed E-state index contributed by atoms with van der Waals surface area (Å²) in [4.78, 5) is 22.2. The standard InChI is InChI=1S/C35H36F3N5O4/c1-23-10-14-41(15-11-23)13-4-18-46-33-21-29-25(20-32(33)45-2)30(9-12-39-29)47-31-8-7-24(19-28(31)38)40-35(44)43-17-16-42(22-43)34-26(36)5-3-6-27(34)37/h3,5-9,12,16-17,19-21,23H,4,10-11,13-15,18,22H2,1-2H3,(H,40,44). The van der Waals surface area contributed by atoms with Crippen LogP contribution in [0.25, 0.3) is 10.9 Å². The monoisotopic (exact) mass is 647 g/mol. The Morgan fingerprint density at radius 1 is 0.936 bits per heavy atom. The zero-order valence-corrected chi connectivity index (χ0v) is 26.2. The highest BCUT2D eigenvalue weighted by atomic mass is 19.1. The normalized spacial score (nSPS) is 15.3. The summed E-state index contributed by atoms with van der Waals surface area (Å²) in [6.45, 7) is 5.95. The van der Waals surface area contributed by atoms with Crippen molar-refractivity contribution in [2.75, 3.05) is 50.2 Å². The summed E-state index contributed by atoms with van der Waals surface area (Å²) < 4.78 is 61.2. The molecule has 1 saturated heterocycles. The number of ether oxygens (including phenoxy) is 3. The van der Waals surface area contributed by atoms with Crippen LogP contribution in [-0.4, -0.2) is 60.8 Å².